The van der Waals surface area contributed by atoms with Crippen LogP contribution in [0.15, 0.2) is 0 Å². The van der Waals surface area contributed by atoms with Gasteiger partial charge in [-0.3, -0.25) is 9.69 Å². The third kappa shape index (κ3) is 6.19. The topological polar surface area (TPSA) is 86.7 Å². The third-order valence-electron chi connectivity index (χ3n) is 3.56. The monoisotopic (exact) mass is 306 g/mol. The minimum Gasteiger partial charge on any atom is -0.396 e. The lowest BCUT2D eigenvalue weighted by molar-refractivity contribution is -0.123. The van der Waals surface area contributed by atoms with Gasteiger partial charge >= 0.3 is 0 Å². The standard InChI is InChI=1S/C13H26N2O4S/c1-13(6-9-20(18,19)11-13)14-12(17)10-15(2)7-4-3-5-8-16/h16H,3-11H2,1-2H3,(H,14,17). The Morgan fingerprint density at radius 1 is 1.35 bits per heavy atom. The Kier molecular flexibility index (Phi) is 6.42. The molecule has 1 unspecified atom stereocenters. The van der Waals surface area contributed by atoms with E-state index in [0.717, 1.165) is 25.8 Å². The number of hydrogen-bond donors (Lipinski definition) is 2. The van der Waals surface area contributed by atoms with Gasteiger partial charge in [-0.05, 0) is 46.2 Å². The average Bonchev–Trinajstić information content (AvgIpc) is 2.58. The van der Waals surface area contributed by atoms with Gasteiger partial charge < -0.3 is 10.4 Å². The number of sulfone groups is 1. The molecule has 0 radical (unpaired) electrons. The number of likely N-dealkylation sites (N-methyl/N-ethyl adjacent to an activating group) is 1. The lowest BCUT2D eigenvalue weighted by atomic mass is 10.0. The third-order valence-corrected chi connectivity index (χ3v) is 5.46. The Balaban J connectivity index is 2.29. The Morgan fingerprint density at radius 2 is 2.05 bits per heavy atom. The second-order valence-corrected chi connectivity index (χ2v) is 8.16. The van der Waals surface area contributed by atoms with Crippen molar-refractivity contribution < 1.29 is 18.3 Å². The molecule has 0 aromatic rings. The molecule has 1 aliphatic heterocycles. The van der Waals surface area contributed by atoms with Crippen LogP contribution in [0.1, 0.15) is 32.6 Å². The molecule has 1 aliphatic rings. The van der Waals surface area contributed by atoms with E-state index in [1.807, 2.05) is 11.9 Å². The fourth-order valence-electron chi connectivity index (χ4n) is 2.48. The van der Waals surface area contributed by atoms with Crippen LogP contribution in [0.5, 0.6) is 0 Å². The largest absolute Gasteiger partial charge is 0.396 e. The summed E-state index contributed by atoms with van der Waals surface area (Å²) >= 11 is 0. The van der Waals surface area contributed by atoms with Gasteiger partial charge in [0.25, 0.3) is 0 Å². The van der Waals surface area contributed by atoms with Crippen molar-refractivity contribution in [3.8, 4) is 0 Å². The highest BCUT2D eigenvalue weighted by Crippen LogP contribution is 2.22. The summed E-state index contributed by atoms with van der Waals surface area (Å²) < 4.78 is 22.9. The van der Waals surface area contributed by atoms with Crippen LogP contribution >= 0.6 is 0 Å². The first-order valence-corrected chi connectivity index (χ1v) is 8.89. The average molecular weight is 306 g/mol. The molecule has 20 heavy (non-hydrogen) atoms. The number of aliphatic hydroxyl groups excluding tert-OH is 1. The first-order valence-electron chi connectivity index (χ1n) is 7.07. The molecule has 0 spiro atoms. The van der Waals surface area contributed by atoms with Gasteiger partial charge in [-0.2, -0.15) is 0 Å². The quantitative estimate of drug-likeness (QED) is 0.605. The van der Waals surface area contributed by atoms with Crippen molar-refractivity contribution >= 4 is 15.7 Å². The van der Waals surface area contributed by atoms with E-state index in [2.05, 4.69) is 5.32 Å². The number of hydrogen-bond acceptors (Lipinski definition) is 5. The molecule has 7 heteroatoms. The summed E-state index contributed by atoms with van der Waals surface area (Å²) in [5.41, 5.74) is -0.617. The Bertz CT molecular complexity index is 424. The van der Waals surface area contributed by atoms with E-state index in [1.165, 1.54) is 0 Å². The van der Waals surface area contributed by atoms with Crippen molar-refractivity contribution in [2.75, 3.05) is 38.2 Å². The number of carbonyl (C=O) groups excluding carboxylic acids is 1. The molecule has 1 saturated heterocycles. The van der Waals surface area contributed by atoms with E-state index < -0.39 is 15.4 Å². The minimum absolute atomic E-state index is 0.0337. The van der Waals surface area contributed by atoms with Crippen LogP contribution in [0.25, 0.3) is 0 Å². The fourth-order valence-corrected chi connectivity index (χ4v) is 4.57. The maximum Gasteiger partial charge on any atom is 0.234 e. The maximum atomic E-state index is 11.9. The predicted molar refractivity (Wildman–Crippen MR) is 78.3 cm³/mol. The van der Waals surface area contributed by atoms with Gasteiger partial charge in [-0.1, -0.05) is 0 Å². The summed E-state index contributed by atoms with van der Waals surface area (Å²) in [6.07, 6.45) is 3.16. The van der Waals surface area contributed by atoms with Crippen molar-refractivity contribution in [2.45, 2.75) is 38.1 Å². The zero-order valence-corrected chi connectivity index (χ0v) is 13.2. The second kappa shape index (κ2) is 7.38. The van der Waals surface area contributed by atoms with Gasteiger partial charge in [-0.15, -0.1) is 0 Å². The van der Waals surface area contributed by atoms with Crippen molar-refractivity contribution in [1.82, 2.24) is 10.2 Å². The molecule has 0 aromatic heterocycles. The molecule has 0 aliphatic carbocycles. The van der Waals surface area contributed by atoms with E-state index in [9.17, 15) is 13.2 Å². The number of nitrogens with one attached hydrogen (secondary N) is 1. The normalized spacial score (nSPS) is 25.0. The maximum absolute atomic E-state index is 11.9. The number of unbranched alkanes of at least 4 members (excludes halogenated alkanes) is 2. The van der Waals surface area contributed by atoms with Gasteiger partial charge in [0.1, 0.15) is 0 Å². The van der Waals surface area contributed by atoms with Crippen molar-refractivity contribution in [3.05, 3.63) is 0 Å². The van der Waals surface area contributed by atoms with E-state index in [0.29, 0.717) is 6.42 Å². The van der Waals surface area contributed by atoms with Crippen molar-refractivity contribution in [3.63, 3.8) is 0 Å². The smallest absolute Gasteiger partial charge is 0.234 e. The van der Waals surface area contributed by atoms with Crippen molar-refractivity contribution in [2.24, 2.45) is 0 Å². The molecule has 2 N–H and O–H groups in total. The van der Waals surface area contributed by atoms with Crippen LogP contribution in [0.4, 0.5) is 0 Å². The molecule has 0 saturated carbocycles. The minimum atomic E-state index is -3.00. The lowest BCUT2D eigenvalue weighted by Gasteiger charge is -2.25. The Morgan fingerprint density at radius 3 is 2.60 bits per heavy atom. The zero-order chi connectivity index (χ0) is 15.2. The van der Waals surface area contributed by atoms with E-state index in [-0.39, 0.29) is 30.6 Å². The van der Waals surface area contributed by atoms with Crippen LogP contribution in [0.3, 0.4) is 0 Å². The van der Waals surface area contributed by atoms with Crippen LogP contribution in [0.2, 0.25) is 0 Å². The first-order chi connectivity index (χ1) is 9.26. The summed E-state index contributed by atoms with van der Waals surface area (Å²) in [5, 5.41) is 11.5. The zero-order valence-electron chi connectivity index (χ0n) is 12.4. The Hall–Kier alpha value is -0.660. The van der Waals surface area contributed by atoms with E-state index >= 15 is 0 Å². The van der Waals surface area contributed by atoms with Crippen LogP contribution in [-0.2, 0) is 14.6 Å². The SMILES string of the molecule is CN(CCCCCO)CC(=O)NC1(C)CCS(=O)(=O)C1. The Labute approximate surface area is 121 Å². The van der Waals surface area contributed by atoms with Gasteiger partial charge in [0.15, 0.2) is 9.84 Å². The summed E-state index contributed by atoms with van der Waals surface area (Å²) in [7, 11) is -1.13. The van der Waals surface area contributed by atoms with E-state index in [1.54, 1.807) is 6.92 Å². The summed E-state index contributed by atoms with van der Waals surface area (Å²) in [4.78, 5) is 13.8. The molecular formula is C13H26N2O4S. The molecule has 1 atom stereocenters. The van der Waals surface area contributed by atoms with Gasteiger partial charge in [0.05, 0.1) is 23.6 Å². The molecule has 0 aromatic carbocycles. The number of rotatable bonds is 8. The summed E-state index contributed by atoms with van der Waals surface area (Å²) in [6.45, 7) is 3.06. The summed E-state index contributed by atoms with van der Waals surface area (Å²) in [6, 6.07) is 0. The van der Waals surface area contributed by atoms with E-state index in [4.69, 9.17) is 5.11 Å². The number of amides is 1. The number of carbonyl (C=O) groups is 1. The molecule has 1 fully saturated rings. The summed E-state index contributed by atoms with van der Waals surface area (Å²) in [5.74, 6) is 0.0569. The highest BCUT2D eigenvalue weighted by atomic mass is 32.2. The molecule has 0 bridgehead atoms. The highest BCUT2D eigenvalue weighted by Gasteiger charge is 2.39. The van der Waals surface area contributed by atoms with Crippen LogP contribution in [-0.4, -0.2) is 68.1 Å². The number of nitrogens with zero attached hydrogens (tertiary/aromatic N) is 1. The molecule has 6 nitrogen and oxygen atoms in total. The van der Waals surface area contributed by atoms with Crippen molar-refractivity contribution in [1.29, 1.82) is 0 Å². The second-order valence-electron chi connectivity index (χ2n) is 5.97. The molecule has 1 heterocycles. The van der Waals surface area contributed by atoms with Gasteiger partial charge in [0, 0.05) is 6.61 Å². The van der Waals surface area contributed by atoms with Crippen LogP contribution in [0, 0.1) is 0 Å². The fraction of sp³-hybridized carbons (Fsp3) is 0.923. The molecule has 1 amide bonds. The first kappa shape index (κ1) is 17.4. The molecule has 1 rings (SSSR count). The van der Waals surface area contributed by atoms with Crippen LogP contribution < -0.4 is 5.32 Å². The molecule has 118 valence electrons. The highest BCUT2D eigenvalue weighted by molar-refractivity contribution is 7.91. The molecular weight excluding hydrogens is 280 g/mol. The number of aliphatic hydroxyl groups is 1. The van der Waals surface area contributed by atoms with Gasteiger partial charge in [-0.25, -0.2) is 8.42 Å². The lowest BCUT2D eigenvalue weighted by Crippen LogP contribution is -2.50. The predicted octanol–water partition coefficient (Wildman–Crippen LogP) is -0.226. The van der Waals surface area contributed by atoms with Gasteiger partial charge in [0.2, 0.25) is 5.91 Å².